The molecule has 0 N–H and O–H groups in total. The first kappa shape index (κ1) is 57.0. The molecule has 0 saturated heterocycles. The van der Waals surface area contributed by atoms with E-state index in [1.807, 2.05) is 90.7 Å². The van der Waals surface area contributed by atoms with Gasteiger partial charge in [0.1, 0.15) is 0 Å². The molecule has 0 aliphatic carbocycles. The van der Waals surface area contributed by atoms with E-state index < -0.39 is 0 Å². The largest absolute Gasteiger partial charge is 0.143 e. The summed E-state index contributed by atoms with van der Waals surface area (Å²) in [5.74, 6) is 0. The average Bonchev–Trinajstić information content (AvgIpc) is 4.33. The lowest BCUT2D eigenvalue weighted by atomic mass is 10.0. The minimum atomic E-state index is 1.14. The van der Waals surface area contributed by atoms with E-state index in [9.17, 15) is 0 Å². The standard InChI is InChI=1S/C70H76S8/c1-5-9-13-17-21-53-43-45-71-67(53)61-39-35-57(73-61)59-37-41-63(75-59)69-55(23-19-15-11-7-3)47-65(77-69)51-31-27-49(28-32-51)25-26-50-29-33-52(34-30-50)66-48-56(24-20-16-12-8-4)70(78-66)64-42-38-60(76-64)58-36-40-62(74-58)68-54(44-46-72-68)22-18-14-10-6-2/h25-48H,5-24H2,1-4H3. The van der Waals surface area contributed by atoms with Crippen LogP contribution >= 0.6 is 90.7 Å². The number of hydrogen-bond acceptors (Lipinski definition) is 8. The van der Waals surface area contributed by atoms with Gasteiger partial charge in [0.15, 0.2) is 0 Å². The van der Waals surface area contributed by atoms with Crippen molar-refractivity contribution in [3.63, 3.8) is 0 Å². The van der Waals surface area contributed by atoms with Gasteiger partial charge in [0.25, 0.3) is 0 Å². The van der Waals surface area contributed by atoms with Crippen molar-refractivity contribution in [2.24, 2.45) is 0 Å². The van der Waals surface area contributed by atoms with Crippen LogP contribution in [0.3, 0.4) is 0 Å². The van der Waals surface area contributed by atoms with E-state index in [2.05, 4.69) is 172 Å². The Morgan fingerprint density at radius 3 is 0.910 bits per heavy atom. The highest BCUT2D eigenvalue weighted by Crippen LogP contribution is 2.49. The summed E-state index contributed by atoms with van der Waals surface area (Å²) in [5.41, 5.74) is 11.1. The lowest BCUT2D eigenvalue weighted by Crippen LogP contribution is -1.85. The van der Waals surface area contributed by atoms with E-state index in [4.69, 9.17) is 0 Å². The highest BCUT2D eigenvalue weighted by Gasteiger charge is 2.20. The molecule has 0 aliphatic heterocycles. The van der Waals surface area contributed by atoms with Crippen LogP contribution in [0, 0.1) is 0 Å². The van der Waals surface area contributed by atoms with Crippen LogP contribution in [0.2, 0.25) is 0 Å². The molecule has 0 atom stereocenters. The van der Waals surface area contributed by atoms with Crippen molar-refractivity contribution in [3.8, 4) is 79.4 Å². The lowest BCUT2D eigenvalue weighted by molar-refractivity contribution is 0.668. The molecule has 404 valence electrons. The van der Waals surface area contributed by atoms with Gasteiger partial charge in [-0.1, -0.05) is 165 Å². The van der Waals surface area contributed by atoms with Gasteiger partial charge in [-0.25, -0.2) is 0 Å². The summed E-state index contributed by atoms with van der Waals surface area (Å²) >= 11 is 15.6. The Morgan fingerprint density at radius 2 is 0.577 bits per heavy atom. The van der Waals surface area contributed by atoms with Crippen LogP contribution in [0.4, 0.5) is 0 Å². The van der Waals surface area contributed by atoms with Crippen molar-refractivity contribution < 1.29 is 0 Å². The zero-order chi connectivity index (χ0) is 53.5. The minimum absolute atomic E-state index is 1.14. The third kappa shape index (κ3) is 14.6. The fraction of sp³-hybridized carbons (Fsp3) is 0.343. The number of thiophene rings is 8. The molecule has 0 bridgehead atoms. The topological polar surface area (TPSA) is 0 Å². The van der Waals surface area contributed by atoms with Crippen molar-refractivity contribution in [1.29, 1.82) is 0 Å². The van der Waals surface area contributed by atoms with Crippen LogP contribution < -0.4 is 0 Å². The molecule has 0 radical (unpaired) electrons. The molecule has 0 nitrogen and oxygen atoms in total. The summed E-state index contributed by atoms with van der Waals surface area (Å²) in [4.78, 5) is 19.8. The zero-order valence-electron chi connectivity index (χ0n) is 46.3. The van der Waals surface area contributed by atoms with Crippen LogP contribution in [0.25, 0.3) is 91.6 Å². The van der Waals surface area contributed by atoms with Crippen LogP contribution in [0.15, 0.2) is 132 Å². The number of unbranched alkanes of at least 4 members (excludes halogenated alkanes) is 12. The highest BCUT2D eigenvalue weighted by atomic mass is 32.1. The van der Waals surface area contributed by atoms with E-state index in [-0.39, 0.29) is 0 Å². The monoisotopic (exact) mass is 1170 g/mol. The predicted molar refractivity (Wildman–Crippen MR) is 360 cm³/mol. The van der Waals surface area contributed by atoms with Gasteiger partial charge < -0.3 is 0 Å². The summed E-state index contributed by atoms with van der Waals surface area (Å²) in [6.07, 6.45) is 29.9. The molecule has 0 amide bonds. The van der Waals surface area contributed by atoms with Crippen LogP contribution in [0.5, 0.6) is 0 Å². The second kappa shape index (κ2) is 29.0. The Balaban J connectivity index is 0.810. The molecule has 10 rings (SSSR count). The third-order valence-corrected chi connectivity index (χ3v) is 24.8. The van der Waals surface area contributed by atoms with Gasteiger partial charge in [-0.15, -0.1) is 90.7 Å². The van der Waals surface area contributed by atoms with Crippen molar-refractivity contribution in [2.45, 2.75) is 156 Å². The second-order valence-electron chi connectivity index (χ2n) is 21.0. The summed E-state index contributed by atoms with van der Waals surface area (Å²) in [6, 6.07) is 47.1. The van der Waals surface area contributed by atoms with Gasteiger partial charge in [0.05, 0.1) is 0 Å². The normalized spacial score (nSPS) is 11.8. The lowest BCUT2D eigenvalue weighted by Gasteiger charge is -2.02. The van der Waals surface area contributed by atoms with Gasteiger partial charge in [0.2, 0.25) is 0 Å². The predicted octanol–water partition coefficient (Wildman–Crippen LogP) is 26.2. The molecule has 2 aromatic carbocycles. The van der Waals surface area contributed by atoms with Gasteiger partial charge in [0, 0.05) is 68.3 Å². The molecule has 10 aromatic rings. The molecule has 78 heavy (non-hydrogen) atoms. The Bertz CT molecular complexity index is 3190. The van der Waals surface area contributed by atoms with E-state index in [1.165, 1.54) is 228 Å². The summed E-state index contributed by atoms with van der Waals surface area (Å²) in [5, 5.41) is 4.57. The van der Waals surface area contributed by atoms with Gasteiger partial charge in [-0.05, 0) is 179 Å². The maximum absolute atomic E-state index is 2.50. The van der Waals surface area contributed by atoms with Crippen molar-refractivity contribution >= 4 is 103 Å². The molecule has 8 heteroatoms. The fourth-order valence-electron chi connectivity index (χ4n) is 10.5. The molecular weight excluding hydrogens is 1100 g/mol. The van der Waals surface area contributed by atoms with E-state index in [1.54, 1.807) is 0 Å². The second-order valence-corrected chi connectivity index (χ2v) is 29.2. The molecule has 0 spiro atoms. The van der Waals surface area contributed by atoms with Gasteiger partial charge >= 0.3 is 0 Å². The quantitative estimate of drug-likeness (QED) is 0.0311. The molecule has 0 saturated carbocycles. The van der Waals surface area contributed by atoms with Gasteiger partial charge in [-0.2, -0.15) is 0 Å². The van der Waals surface area contributed by atoms with Crippen molar-refractivity contribution in [2.75, 3.05) is 0 Å². The maximum atomic E-state index is 2.50. The van der Waals surface area contributed by atoms with Crippen molar-refractivity contribution in [1.82, 2.24) is 0 Å². The number of rotatable bonds is 30. The first-order valence-electron chi connectivity index (χ1n) is 29.2. The summed E-state index contributed by atoms with van der Waals surface area (Å²) < 4.78 is 0. The van der Waals surface area contributed by atoms with E-state index in [0.717, 1.165) is 12.8 Å². The molecule has 0 unspecified atom stereocenters. The van der Waals surface area contributed by atoms with E-state index >= 15 is 0 Å². The fourth-order valence-corrected chi connectivity index (χ4v) is 19.6. The molecule has 8 aromatic heterocycles. The number of aryl methyl sites for hydroxylation is 4. The maximum Gasteiger partial charge on any atom is 0.0481 e. The zero-order valence-corrected chi connectivity index (χ0v) is 52.8. The van der Waals surface area contributed by atoms with E-state index in [0.29, 0.717) is 0 Å². The molecule has 0 fully saturated rings. The smallest absolute Gasteiger partial charge is 0.0481 e. The molecule has 0 aliphatic rings. The Hall–Kier alpha value is -4.22. The number of benzene rings is 2. The van der Waals surface area contributed by atoms with Gasteiger partial charge in [-0.3, -0.25) is 0 Å². The van der Waals surface area contributed by atoms with Crippen LogP contribution in [0.1, 0.15) is 164 Å². The number of hydrogen-bond donors (Lipinski definition) is 0. The first-order chi connectivity index (χ1) is 38.5. The molecular formula is C70H76S8. The Kier molecular flexibility index (Phi) is 21.2. The van der Waals surface area contributed by atoms with Crippen LogP contribution in [-0.2, 0) is 25.7 Å². The SMILES string of the molecule is CCCCCCc1ccsc1-c1ccc(-c2ccc(-c3sc(-c4ccc(C=Cc5ccc(-c6cc(CCCCCC)c(-c7ccc(-c8ccc(-c9sccc9CCCCCC)s8)s7)s6)cc5)cc4)cc3CCCCCC)s2)s1. The minimum Gasteiger partial charge on any atom is -0.143 e. The van der Waals surface area contributed by atoms with Crippen molar-refractivity contribution in [3.05, 3.63) is 165 Å². The Labute approximate surface area is 499 Å². The highest BCUT2D eigenvalue weighted by molar-refractivity contribution is 7.30. The van der Waals surface area contributed by atoms with Crippen LogP contribution in [-0.4, -0.2) is 0 Å². The Morgan fingerprint density at radius 1 is 0.269 bits per heavy atom. The average molecular weight is 1170 g/mol. The third-order valence-electron chi connectivity index (χ3n) is 15.0. The first-order valence-corrected chi connectivity index (χ1v) is 35.8. The summed E-state index contributed by atoms with van der Waals surface area (Å²) in [6.45, 7) is 9.21. The molecule has 8 heterocycles. The summed E-state index contributed by atoms with van der Waals surface area (Å²) in [7, 11) is 0.